The highest BCUT2D eigenvalue weighted by Gasteiger charge is 2.06. The summed E-state index contributed by atoms with van der Waals surface area (Å²) in [5, 5.41) is 11.1. The van der Waals surface area contributed by atoms with Crippen LogP contribution in [0.25, 0.3) is 5.69 Å². The Hall–Kier alpha value is -2.19. The first-order valence-corrected chi connectivity index (χ1v) is 8.32. The van der Waals surface area contributed by atoms with E-state index in [1.165, 1.54) is 23.8 Å². The summed E-state index contributed by atoms with van der Waals surface area (Å²) in [6, 6.07) is 8.27. The van der Waals surface area contributed by atoms with Gasteiger partial charge in [-0.1, -0.05) is 35.2 Å². The zero-order valence-electron chi connectivity index (χ0n) is 11.8. The number of thioether (sulfide) groups is 1. The maximum Gasteiger partial charge on any atom is 0.223 e. The second-order valence-corrected chi connectivity index (χ2v) is 6.68. The molecule has 0 fully saturated rings. The van der Waals surface area contributed by atoms with Crippen molar-refractivity contribution in [3.05, 3.63) is 48.5 Å². The third-order valence-corrected chi connectivity index (χ3v) is 4.83. The Morgan fingerprint density at radius 1 is 1.32 bits per heavy atom. The van der Waals surface area contributed by atoms with Crippen molar-refractivity contribution >= 4 is 34.1 Å². The highest BCUT2D eigenvalue weighted by atomic mass is 32.2. The lowest BCUT2D eigenvalue weighted by molar-refractivity contribution is -0.114. The van der Waals surface area contributed by atoms with E-state index in [4.69, 9.17) is 0 Å². The molecule has 3 aromatic rings. The summed E-state index contributed by atoms with van der Waals surface area (Å²) in [5.74, 6) is 0.668. The number of rotatable bonds is 5. The zero-order valence-corrected chi connectivity index (χ0v) is 13.4. The predicted molar refractivity (Wildman–Crippen MR) is 87.3 cm³/mol. The van der Waals surface area contributed by atoms with Crippen molar-refractivity contribution in [3.8, 4) is 5.69 Å². The lowest BCUT2D eigenvalue weighted by Gasteiger charge is -2.03. The molecule has 8 heteroatoms. The van der Waals surface area contributed by atoms with E-state index in [1.54, 1.807) is 24.3 Å². The molecule has 0 radical (unpaired) electrons. The maximum absolute atomic E-state index is 10.9. The third kappa shape index (κ3) is 3.71. The molecule has 1 amide bonds. The molecule has 2 heterocycles. The summed E-state index contributed by atoms with van der Waals surface area (Å²) in [6.07, 6.45) is 5.44. The number of anilines is 1. The summed E-state index contributed by atoms with van der Waals surface area (Å²) in [7, 11) is 0. The molecule has 0 aliphatic carbocycles. The molecule has 0 saturated heterocycles. The third-order valence-electron chi connectivity index (χ3n) is 2.79. The summed E-state index contributed by atoms with van der Waals surface area (Å²) in [6.45, 7) is 1.45. The van der Waals surface area contributed by atoms with E-state index in [0.717, 1.165) is 15.8 Å². The number of carbonyl (C=O) groups is 1. The lowest BCUT2D eigenvalue weighted by Crippen LogP contribution is -2.04. The Morgan fingerprint density at radius 2 is 2.14 bits per heavy atom. The van der Waals surface area contributed by atoms with Gasteiger partial charge in [-0.15, -0.1) is 10.2 Å². The molecular weight excluding hydrogens is 318 g/mol. The Morgan fingerprint density at radius 3 is 2.82 bits per heavy atom. The van der Waals surface area contributed by atoms with Crippen LogP contribution < -0.4 is 5.32 Å². The summed E-state index contributed by atoms with van der Waals surface area (Å²) >= 11 is 2.98. The number of hydrogen-bond donors (Lipinski definition) is 1. The minimum absolute atomic E-state index is 0.136. The van der Waals surface area contributed by atoms with Crippen LogP contribution in [-0.2, 0) is 10.5 Å². The topological polar surface area (TPSA) is 72.7 Å². The standard InChI is InChI=1S/C14H13N5OS2/c1-10(20)16-13-17-18-14(22-13)21-8-11-2-4-12(5-3-11)19-7-6-15-9-19/h2-7,9H,8H2,1H3,(H,16,17,20). The molecule has 1 N–H and O–H groups in total. The van der Waals surface area contributed by atoms with Crippen LogP contribution in [0.3, 0.4) is 0 Å². The van der Waals surface area contributed by atoms with Gasteiger partial charge < -0.3 is 9.88 Å². The van der Waals surface area contributed by atoms with E-state index in [0.29, 0.717) is 5.13 Å². The minimum atomic E-state index is -0.136. The van der Waals surface area contributed by atoms with Crippen LogP contribution in [0.1, 0.15) is 12.5 Å². The molecule has 0 unspecified atom stereocenters. The van der Waals surface area contributed by atoms with Gasteiger partial charge in [-0.05, 0) is 17.7 Å². The van der Waals surface area contributed by atoms with Crippen LogP contribution >= 0.6 is 23.1 Å². The quantitative estimate of drug-likeness (QED) is 0.575. The van der Waals surface area contributed by atoms with Gasteiger partial charge in [0, 0.05) is 30.8 Å². The van der Waals surface area contributed by atoms with Crippen LogP contribution in [0.5, 0.6) is 0 Å². The van der Waals surface area contributed by atoms with Crippen LogP contribution in [0.4, 0.5) is 5.13 Å². The number of nitrogens with one attached hydrogen (secondary N) is 1. The molecule has 22 heavy (non-hydrogen) atoms. The normalized spacial score (nSPS) is 10.6. The Kier molecular flexibility index (Phi) is 4.50. The molecule has 0 spiro atoms. The monoisotopic (exact) mass is 331 g/mol. The van der Waals surface area contributed by atoms with Crippen molar-refractivity contribution in [1.29, 1.82) is 0 Å². The van der Waals surface area contributed by atoms with Crippen molar-refractivity contribution in [2.75, 3.05) is 5.32 Å². The van der Waals surface area contributed by atoms with Gasteiger partial charge in [0.2, 0.25) is 11.0 Å². The largest absolute Gasteiger partial charge is 0.306 e. The summed E-state index contributed by atoms with van der Waals surface area (Å²) < 4.78 is 2.80. The second kappa shape index (κ2) is 6.71. The van der Waals surface area contributed by atoms with E-state index < -0.39 is 0 Å². The first kappa shape index (κ1) is 14.7. The smallest absolute Gasteiger partial charge is 0.223 e. The molecule has 0 atom stereocenters. The number of benzene rings is 1. The van der Waals surface area contributed by atoms with Gasteiger partial charge >= 0.3 is 0 Å². The summed E-state index contributed by atoms with van der Waals surface area (Å²) in [5.41, 5.74) is 2.28. The van der Waals surface area contributed by atoms with E-state index in [2.05, 4.69) is 44.8 Å². The number of nitrogens with zero attached hydrogens (tertiary/aromatic N) is 4. The van der Waals surface area contributed by atoms with Crippen LogP contribution in [-0.4, -0.2) is 25.7 Å². The van der Waals surface area contributed by atoms with Crippen LogP contribution in [0, 0.1) is 0 Å². The Balaban J connectivity index is 1.59. The van der Waals surface area contributed by atoms with Crippen molar-refractivity contribution in [2.45, 2.75) is 17.0 Å². The van der Waals surface area contributed by atoms with Crippen LogP contribution in [0.2, 0.25) is 0 Å². The van der Waals surface area contributed by atoms with Crippen molar-refractivity contribution in [1.82, 2.24) is 19.7 Å². The fraction of sp³-hybridized carbons (Fsp3) is 0.143. The zero-order chi connectivity index (χ0) is 15.4. The van der Waals surface area contributed by atoms with Crippen LogP contribution in [0.15, 0.2) is 47.3 Å². The van der Waals surface area contributed by atoms with Gasteiger partial charge in [-0.25, -0.2) is 4.98 Å². The molecule has 0 bridgehead atoms. The molecule has 3 rings (SSSR count). The predicted octanol–water partition coefficient (Wildman–Crippen LogP) is 2.97. The summed E-state index contributed by atoms with van der Waals surface area (Å²) in [4.78, 5) is 15.0. The molecule has 2 aromatic heterocycles. The van der Waals surface area contributed by atoms with E-state index in [-0.39, 0.29) is 5.91 Å². The molecular formula is C14H13N5OS2. The van der Waals surface area contributed by atoms with Crippen molar-refractivity contribution in [3.63, 3.8) is 0 Å². The van der Waals surface area contributed by atoms with Gasteiger partial charge in [-0.3, -0.25) is 4.79 Å². The minimum Gasteiger partial charge on any atom is -0.306 e. The first-order valence-electron chi connectivity index (χ1n) is 6.52. The van der Waals surface area contributed by atoms with E-state index >= 15 is 0 Å². The second-order valence-electron chi connectivity index (χ2n) is 4.48. The van der Waals surface area contributed by atoms with E-state index in [9.17, 15) is 4.79 Å². The maximum atomic E-state index is 10.9. The lowest BCUT2D eigenvalue weighted by atomic mass is 10.2. The number of aromatic nitrogens is 4. The molecule has 0 saturated carbocycles. The number of hydrogen-bond acceptors (Lipinski definition) is 6. The average molecular weight is 331 g/mol. The number of carbonyl (C=O) groups excluding carboxylic acids is 1. The van der Waals surface area contributed by atoms with Gasteiger partial charge in [-0.2, -0.15) is 0 Å². The average Bonchev–Trinajstić information content (AvgIpc) is 3.17. The number of imidazole rings is 1. The molecule has 1 aromatic carbocycles. The molecule has 0 aliphatic heterocycles. The molecule has 0 aliphatic rings. The van der Waals surface area contributed by atoms with Gasteiger partial charge in [0.1, 0.15) is 0 Å². The van der Waals surface area contributed by atoms with E-state index in [1.807, 2.05) is 10.8 Å². The number of amides is 1. The van der Waals surface area contributed by atoms with Gasteiger partial charge in [0.15, 0.2) is 4.34 Å². The SMILES string of the molecule is CC(=O)Nc1nnc(SCc2ccc(-n3ccnc3)cc2)s1. The Bertz CT molecular complexity index is 752. The Labute approximate surface area is 135 Å². The van der Waals surface area contributed by atoms with Gasteiger partial charge in [0.05, 0.1) is 6.33 Å². The fourth-order valence-corrected chi connectivity index (χ4v) is 3.54. The highest BCUT2D eigenvalue weighted by Crippen LogP contribution is 2.28. The molecule has 6 nitrogen and oxygen atoms in total. The molecule has 112 valence electrons. The van der Waals surface area contributed by atoms with Crippen molar-refractivity contribution in [2.24, 2.45) is 0 Å². The first-order chi connectivity index (χ1) is 10.7. The van der Waals surface area contributed by atoms with Gasteiger partial charge in [0.25, 0.3) is 0 Å². The highest BCUT2D eigenvalue weighted by molar-refractivity contribution is 8.00. The fourth-order valence-electron chi connectivity index (χ4n) is 1.79. The van der Waals surface area contributed by atoms with Crippen molar-refractivity contribution < 1.29 is 4.79 Å².